The molecule has 2 aromatic carbocycles. The molecule has 1 atom stereocenters. The molecule has 35 heavy (non-hydrogen) atoms. The smallest absolute Gasteiger partial charge is 0.231 e. The number of nitrogens with one attached hydrogen (secondary N) is 1. The molecule has 1 unspecified atom stereocenters. The fourth-order valence-electron chi connectivity index (χ4n) is 3.86. The SMILES string of the molecule is O=C(NCCOc1ccc2nnc(-c3ccc(F)cc3)n2n1)C1CC(=O)N(c2ccc(F)cc2)C1. The molecule has 1 aliphatic rings. The lowest BCUT2D eigenvalue weighted by molar-refractivity contribution is -0.126. The molecular weight excluding hydrogens is 458 g/mol. The number of hydrogen-bond donors (Lipinski definition) is 1. The number of fused-ring (bicyclic) bond motifs is 1. The molecule has 1 aliphatic heterocycles. The Morgan fingerprint density at radius 1 is 1.00 bits per heavy atom. The molecule has 0 radical (unpaired) electrons. The standard InChI is InChI=1S/C24H20F2N6O3/c25-17-3-1-15(2-4-17)23-29-28-20-9-10-21(30-32(20)23)35-12-11-27-24(34)16-13-22(33)31(14-16)19-7-5-18(26)6-8-19/h1-10,16H,11-14H2,(H,27,34). The van der Waals surface area contributed by atoms with Crippen LogP contribution < -0.4 is 15.0 Å². The Balaban J connectivity index is 1.15. The van der Waals surface area contributed by atoms with Crippen LogP contribution in [0.15, 0.2) is 60.7 Å². The van der Waals surface area contributed by atoms with Crippen LogP contribution in [0.4, 0.5) is 14.5 Å². The Hall–Kier alpha value is -4.41. The number of ether oxygens (including phenoxy) is 1. The van der Waals surface area contributed by atoms with E-state index in [9.17, 15) is 18.4 Å². The van der Waals surface area contributed by atoms with Gasteiger partial charge in [0.15, 0.2) is 11.5 Å². The van der Waals surface area contributed by atoms with Gasteiger partial charge in [0.05, 0.1) is 12.5 Å². The van der Waals surface area contributed by atoms with E-state index in [4.69, 9.17) is 4.74 Å². The first-order valence-corrected chi connectivity index (χ1v) is 10.9. The van der Waals surface area contributed by atoms with Crippen molar-refractivity contribution in [2.75, 3.05) is 24.6 Å². The first-order valence-electron chi connectivity index (χ1n) is 10.9. The van der Waals surface area contributed by atoms with Crippen LogP contribution in [0.2, 0.25) is 0 Å². The van der Waals surface area contributed by atoms with Crippen molar-refractivity contribution in [1.29, 1.82) is 0 Å². The van der Waals surface area contributed by atoms with Crippen molar-refractivity contribution in [3.05, 3.63) is 72.3 Å². The van der Waals surface area contributed by atoms with E-state index in [1.165, 1.54) is 45.8 Å². The van der Waals surface area contributed by atoms with E-state index in [0.717, 1.165) is 0 Å². The van der Waals surface area contributed by atoms with Gasteiger partial charge in [-0.25, -0.2) is 8.78 Å². The number of carbonyl (C=O) groups is 2. The van der Waals surface area contributed by atoms with Gasteiger partial charge in [0.25, 0.3) is 0 Å². The van der Waals surface area contributed by atoms with Crippen LogP contribution in [0.1, 0.15) is 6.42 Å². The summed E-state index contributed by atoms with van der Waals surface area (Å²) >= 11 is 0. The van der Waals surface area contributed by atoms with E-state index in [1.54, 1.807) is 24.3 Å². The maximum Gasteiger partial charge on any atom is 0.231 e. The molecule has 0 bridgehead atoms. The molecule has 1 N–H and O–H groups in total. The van der Waals surface area contributed by atoms with Gasteiger partial charge in [0.2, 0.25) is 17.7 Å². The highest BCUT2D eigenvalue weighted by Crippen LogP contribution is 2.25. The van der Waals surface area contributed by atoms with Crippen LogP contribution in [0, 0.1) is 17.6 Å². The summed E-state index contributed by atoms with van der Waals surface area (Å²) in [4.78, 5) is 26.3. The van der Waals surface area contributed by atoms with E-state index >= 15 is 0 Å². The van der Waals surface area contributed by atoms with Gasteiger partial charge in [-0.3, -0.25) is 9.59 Å². The molecular formula is C24H20F2N6O3. The number of rotatable bonds is 7. The molecule has 3 heterocycles. The maximum atomic E-state index is 13.2. The summed E-state index contributed by atoms with van der Waals surface area (Å²) in [6.45, 7) is 0.600. The second-order valence-electron chi connectivity index (χ2n) is 7.99. The fraction of sp³-hybridized carbons (Fsp3) is 0.208. The Labute approximate surface area is 198 Å². The van der Waals surface area contributed by atoms with Gasteiger partial charge >= 0.3 is 0 Å². The molecule has 1 fully saturated rings. The molecule has 178 valence electrons. The second kappa shape index (κ2) is 9.45. The third kappa shape index (κ3) is 4.79. The number of carbonyl (C=O) groups excluding carboxylic acids is 2. The lowest BCUT2D eigenvalue weighted by Crippen LogP contribution is -2.35. The molecule has 9 nitrogen and oxygen atoms in total. The number of hydrogen-bond acceptors (Lipinski definition) is 6. The van der Waals surface area contributed by atoms with E-state index < -0.39 is 5.92 Å². The third-order valence-electron chi connectivity index (χ3n) is 5.63. The summed E-state index contributed by atoms with van der Waals surface area (Å²) in [7, 11) is 0. The molecule has 2 aromatic heterocycles. The average molecular weight is 478 g/mol. The van der Waals surface area contributed by atoms with E-state index in [1.807, 2.05) is 0 Å². The molecule has 2 amide bonds. The molecule has 0 saturated carbocycles. The lowest BCUT2D eigenvalue weighted by atomic mass is 10.1. The highest BCUT2D eigenvalue weighted by molar-refractivity contribution is 6.00. The number of anilines is 1. The number of nitrogens with zero attached hydrogens (tertiary/aromatic N) is 5. The minimum absolute atomic E-state index is 0.0854. The monoisotopic (exact) mass is 478 g/mol. The van der Waals surface area contributed by atoms with Crippen molar-refractivity contribution < 1.29 is 23.1 Å². The Morgan fingerprint density at radius 3 is 2.46 bits per heavy atom. The van der Waals surface area contributed by atoms with Crippen LogP contribution in [0.5, 0.6) is 5.88 Å². The highest BCUT2D eigenvalue weighted by atomic mass is 19.1. The normalized spacial score (nSPS) is 15.5. The number of halogens is 2. The average Bonchev–Trinajstić information content (AvgIpc) is 3.46. The first-order chi connectivity index (χ1) is 17.0. The maximum absolute atomic E-state index is 13.2. The minimum Gasteiger partial charge on any atom is -0.475 e. The predicted octanol–water partition coefficient (Wildman–Crippen LogP) is 2.62. The third-order valence-corrected chi connectivity index (χ3v) is 5.63. The van der Waals surface area contributed by atoms with Crippen LogP contribution >= 0.6 is 0 Å². The van der Waals surface area contributed by atoms with Crippen molar-refractivity contribution in [3.8, 4) is 17.3 Å². The van der Waals surface area contributed by atoms with Crippen molar-refractivity contribution in [1.82, 2.24) is 25.1 Å². The Kier molecular flexibility index (Phi) is 6.04. The molecule has 11 heteroatoms. The Morgan fingerprint density at radius 2 is 1.71 bits per heavy atom. The van der Waals surface area contributed by atoms with Crippen molar-refractivity contribution in [3.63, 3.8) is 0 Å². The zero-order valence-corrected chi connectivity index (χ0v) is 18.4. The van der Waals surface area contributed by atoms with E-state index in [0.29, 0.717) is 28.6 Å². The van der Waals surface area contributed by atoms with Gasteiger partial charge in [-0.15, -0.1) is 15.3 Å². The van der Waals surface area contributed by atoms with Crippen LogP contribution in [-0.4, -0.2) is 51.3 Å². The van der Waals surface area contributed by atoms with Crippen LogP contribution in [0.3, 0.4) is 0 Å². The quantitative estimate of drug-likeness (QED) is 0.410. The molecule has 5 rings (SSSR count). The topological polar surface area (TPSA) is 102 Å². The van der Waals surface area contributed by atoms with Crippen LogP contribution in [-0.2, 0) is 9.59 Å². The zero-order valence-electron chi connectivity index (χ0n) is 18.4. The summed E-state index contributed by atoms with van der Waals surface area (Å²) in [5.74, 6) is -0.948. The van der Waals surface area contributed by atoms with Gasteiger partial charge in [-0.05, 0) is 54.6 Å². The largest absolute Gasteiger partial charge is 0.475 e. The molecule has 0 spiro atoms. The van der Waals surface area contributed by atoms with Gasteiger partial charge < -0.3 is 15.0 Å². The van der Waals surface area contributed by atoms with E-state index in [2.05, 4.69) is 20.6 Å². The number of amides is 2. The zero-order chi connectivity index (χ0) is 24.4. The van der Waals surface area contributed by atoms with Gasteiger partial charge in [0, 0.05) is 30.3 Å². The molecule has 0 aliphatic carbocycles. The summed E-state index contributed by atoms with van der Waals surface area (Å²) in [6, 6.07) is 14.7. The second-order valence-corrected chi connectivity index (χ2v) is 7.99. The molecule has 1 saturated heterocycles. The number of aromatic nitrogens is 4. The van der Waals surface area contributed by atoms with Gasteiger partial charge in [-0.2, -0.15) is 4.52 Å². The minimum atomic E-state index is -0.502. The van der Waals surface area contributed by atoms with Crippen LogP contribution in [0.25, 0.3) is 17.0 Å². The first kappa shape index (κ1) is 22.4. The van der Waals surface area contributed by atoms with E-state index in [-0.39, 0.29) is 49.6 Å². The number of benzene rings is 2. The highest BCUT2D eigenvalue weighted by Gasteiger charge is 2.34. The fourth-order valence-corrected chi connectivity index (χ4v) is 3.86. The summed E-state index contributed by atoms with van der Waals surface area (Å²) < 4.78 is 33.5. The summed E-state index contributed by atoms with van der Waals surface area (Å²) in [6.07, 6.45) is 0.0854. The summed E-state index contributed by atoms with van der Waals surface area (Å²) in [5.41, 5.74) is 1.71. The van der Waals surface area contributed by atoms with Gasteiger partial charge in [0.1, 0.15) is 18.2 Å². The van der Waals surface area contributed by atoms with Crippen molar-refractivity contribution in [2.45, 2.75) is 6.42 Å². The Bertz CT molecular complexity index is 1370. The lowest BCUT2D eigenvalue weighted by Gasteiger charge is -2.16. The van der Waals surface area contributed by atoms with Gasteiger partial charge in [-0.1, -0.05) is 0 Å². The van der Waals surface area contributed by atoms with Crippen molar-refractivity contribution in [2.24, 2.45) is 5.92 Å². The summed E-state index contributed by atoms with van der Waals surface area (Å²) in [5, 5.41) is 15.3. The van der Waals surface area contributed by atoms with Crippen molar-refractivity contribution >= 4 is 23.1 Å². The molecule has 4 aromatic rings. The predicted molar refractivity (Wildman–Crippen MR) is 122 cm³/mol.